The van der Waals surface area contributed by atoms with Crippen molar-refractivity contribution in [2.75, 3.05) is 19.8 Å². The van der Waals surface area contributed by atoms with Crippen molar-refractivity contribution in [1.82, 2.24) is 4.57 Å². The summed E-state index contributed by atoms with van der Waals surface area (Å²) in [4.78, 5) is 32.6. The molecule has 9 heteroatoms. The molecule has 0 saturated carbocycles. The van der Waals surface area contributed by atoms with Crippen molar-refractivity contribution >= 4 is 34.2 Å². The van der Waals surface area contributed by atoms with E-state index in [1.165, 1.54) is 11.3 Å². The lowest BCUT2D eigenvalue weighted by Crippen LogP contribution is -2.40. The molecule has 0 unspecified atom stereocenters. The number of rotatable bonds is 11. The average Bonchev–Trinajstić information content (AvgIpc) is 3.38. The molecule has 4 aromatic carbocycles. The van der Waals surface area contributed by atoms with Crippen LogP contribution in [0, 0.1) is 0 Å². The van der Waals surface area contributed by atoms with Gasteiger partial charge in [-0.3, -0.25) is 9.36 Å². The number of hydrogen-bond acceptors (Lipinski definition) is 8. The Morgan fingerprint density at radius 3 is 2.40 bits per heavy atom. The second-order valence-electron chi connectivity index (χ2n) is 10.8. The van der Waals surface area contributed by atoms with Crippen LogP contribution in [0.3, 0.4) is 0 Å². The predicted octanol–water partition coefficient (Wildman–Crippen LogP) is 6.33. The van der Waals surface area contributed by atoms with Crippen LogP contribution in [0.1, 0.15) is 50.4 Å². The number of ether oxygens (including phenoxy) is 4. The minimum absolute atomic E-state index is 0.198. The van der Waals surface area contributed by atoms with Crippen LogP contribution in [0.4, 0.5) is 0 Å². The second-order valence-corrected chi connectivity index (χ2v) is 11.8. The Balaban J connectivity index is 1.39. The fourth-order valence-corrected chi connectivity index (χ4v) is 6.85. The van der Waals surface area contributed by atoms with E-state index in [2.05, 4.69) is 24.3 Å². The fourth-order valence-electron chi connectivity index (χ4n) is 5.81. The molecule has 0 N–H and O–H groups in total. The number of para-hydroxylation sites is 1. The van der Waals surface area contributed by atoms with Gasteiger partial charge in [-0.05, 0) is 73.9 Å². The number of nitrogens with zero attached hydrogens (tertiary/aromatic N) is 2. The Kier molecular flexibility index (Phi) is 9.54. The SMILES string of the molecule is CCOC(=O)C1=C(C)N=c2s/c(=C\c3ccc(OCc4cccc5ccccc45)c(OCC)c3)c(=O)n2[C@@H]1c1ccccc1OCC. The topological polar surface area (TPSA) is 88.4 Å². The minimum atomic E-state index is -0.765. The predicted molar refractivity (Wildman–Crippen MR) is 184 cm³/mol. The van der Waals surface area contributed by atoms with Gasteiger partial charge in [-0.15, -0.1) is 0 Å². The molecule has 1 aromatic heterocycles. The maximum Gasteiger partial charge on any atom is 0.338 e. The van der Waals surface area contributed by atoms with Crippen LogP contribution >= 0.6 is 11.3 Å². The average molecular weight is 649 g/mol. The molecule has 2 heterocycles. The number of thiazole rings is 1. The van der Waals surface area contributed by atoms with Gasteiger partial charge in [-0.2, -0.15) is 0 Å². The summed E-state index contributed by atoms with van der Waals surface area (Å²) < 4.78 is 25.6. The van der Waals surface area contributed by atoms with E-state index in [1.807, 2.05) is 80.6 Å². The van der Waals surface area contributed by atoms with E-state index in [4.69, 9.17) is 23.9 Å². The standard InChI is InChI=1S/C38H36N2O6S/c1-5-43-30-18-11-10-17-29(30)35-34(37(42)45-7-3)24(4)39-38-40(35)36(41)33(47-38)22-25-19-20-31(32(21-25)44-6-2)46-23-27-15-12-14-26-13-8-9-16-28(26)27/h8-22,35H,5-7,23H2,1-4H3/b33-22-/t35-/m1/s1. The van der Waals surface area contributed by atoms with Gasteiger partial charge >= 0.3 is 5.97 Å². The summed E-state index contributed by atoms with van der Waals surface area (Å²) in [5, 5.41) is 2.30. The lowest BCUT2D eigenvalue weighted by Gasteiger charge is -2.26. The highest BCUT2D eigenvalue weighted by Crippen LogP contribution is 2.36. The van der Waals surface area contributed by atoms with Crippen molar-refractivity contribution in [2.45, 2.75) is 40.3 Å². The minimum Gasteiger partial charge on any atom is -0.494 e. The molecule has 0 bridgehead atoms. The molecule has 6 rings (SSSR count). The van der Waals surface area contributed by atoms with E-state index in [-0.39, 0.29) is 12.2 Å². The molecule has 5 aromatic rings. The zero-order chi connectivity index (χ0) is 32.9. The summed E-state index contributed by atoms with van der Waals surface area (Å²) in [5.41, 5.74) is 3.07. The van der Waals surface area contributed by atoms with Gasteiger partial charge in [0.15, 0.2) is 16.3 Å². The van der Waals surface area contributed by atoms with E-state index in [0.717, 1.165) is 21.9 Å². The molecule has 0 aliphatic carbocycles. The molecule has 1 aliphatic heterocycles. The van der Waals surface area contributed by atoms with Crippen molar-refractivity contribution in [3.8, 4) is 17.2 Å². The molecular formula is C38H36N2O6S. The number of esters is 1. The molecule has 0 fully saturated rings. The highest BCUT2D eigenvalue weighted by Gasteiger charge is 2.35. The molecule has 0 spiro atoms. The lowest BCUT2D eigenvalue weighted by atomic mass is 9.95. The van der Waals surface area contributed by atoms with Crippen LogP contribution < -0.4 is 29.1 Å². The van der Waals surface area contributed by atoms with Crippen molar-refractivity contribution in [2.24, 2.45) is 4.99 Å². The lowest BCUT2D eigenvalue weighted by molar-refractivity contribution is -0.139. The summed E-state index contributed by atoms with van der Waals surface area (Å²) >= 11 is 1.27. The van der Waals surface area contributed by atoms with Gasteiger partial charge in [0.1, 0.15) is 18.4 Å². The van der Waals surface area contributed by atoms with Gasteiger partial charge in [0.2, 0.25) is 0 Å². The maximum absolute atomic E-state index is 14.2. The Hall–Kier alpha value is -5.15. The van der Waals surface area contributed by atoms with Gasteiger partial charge < -0.3 is 18.9 Å². The normalized spacial score (nSPS) is 14.5. The first-order chi connectivity index (χ1) is 22.9. The first kappa shape index (κ1) is 31.8. The van der Waals surface area contributed by atoms with Crippen LogP contribution in [0.25, 0.3) is 16.8 Å². The summed E-state index contributed by atoms with van der Waals surface area (Å²) in [6.45, 7) is 8.79. The Labute approximate surface area is 276 Å². The van der Waals surface area contributed by atoms with Crippen molar-refractivity contribution in [3.05, 3.63) is 133 Å². The molecule has 1 atom stereocenters. The number of allylic oxidation sites excluding steroid dienone is 1. The monoisotopic (exact) mass is 648 g/mol. The number of carbonyl (C=O) groups is 1. The number of carbonyl (C=O) groups excluding carboxylic acids is 1. The third-order valence-electron chi connectivity index (χ3n) is 7.86. The Morgan fingerprint density at radius 2 is 1.60 bits per heavy atom. The van der Waals surface area contributed by atoms with E-state index in [0.29, 0.717) is 63.2 Å². The zero-order valence-electron chi connectivity index (χ0n) is 26.8. The number of fused-ring (bicyclic) bond motifs is 2. The largest absolute Gasteiger partial charge is 0.494 e. The summed E-state index contributed by atoms with van der Waals surface area (Å²) in [7, 11) is 0. The number of aromatic nitrogens is 1. The molecule has 47 heavy (non-hydrogen) atoms. The van der Waals surface area contributed by atoms with Crippen LogP contribution in [0.5, 0.6) is 17.2 Å². The Morgan fingerprint density at radius 1 is 0.851 bits per heavy atom. The van der Waals surface area contributed by atoms with Gasteiger partial charge in [-0.1, -0.05) is 78.1 Å². The van der Waals surface area contributed by atoms with Crippen LogP contribution in [-0.4, -0.2) is 30.4 Å². The highest BCUT2D eigenvalue weighted by atomic mass is 32.1. The smallest absolute Gasteiger partial charge is 0.338 e. The first-order valence-corrected chi connectivity index (χ1v) is 16.5. The second kappa shape index (κ2) is 14.1. The number of hydrogen-bond donors (Lipinski definition) is 0. The van der Waals surface area contributed by atoms with Crippen molar-refractivity contribution in [1.29, 1.82) is 0 Å². The molecule has 0 amide bonds. The van der Waals surface area contributed by atoms with Crippen LogP contribution in [0.15, 0.2) is 106 Å². The molecule has 0 saturated heterocycles. The van der Waals surface area contributed by atoms with Gasteiger partial charge in [0, 0.05) is 5.56 Å². The third kappa shape index (κ3) is 6.44. The third-order valence-corrected chi connectivity index (χ3v) is 8.84. The van der Waals surface area contributed by atoms with E-state index < -0.39 is 12.0 Å². The molecule has 0 radical (unpaired) electrons. The Bertz CT molecular complexity index is 2160. The van der Waals surface area contributed by atoms with Gasteiger partial charge in [0.25, 0.3) is 5.56 Å². The number of benzene rings is 4. The molecule has 8 nitrogen and oxygen atoms in total. The quantitative estimate of drug-likeness (QED) is 0.156. The van der Waals surface area contributed by atoms with Crippen molar-refractivity contribution in [3.63, 3.8) is 0 Å². The van der Waals surface area contributed by atoms with Gasteiger partial charge in [-0.25, -0.2) is 9.79 Å². The fraction of sp³-hybridized carbons (Fsp3) is 0.237. The summed E-state index contributed by atoms with van der Waals surface area (Å²) in [6.07, 6.45) is 1.82. The van der Waals surface area contributed by atoms with Crippen molar-refractivity contribution < 1.29 is 23.7 Å². The van der Waals surface area contributed by atoms with E-state index >= 15 is 0 Å². The highest BCUT2D eigenvalue weighted by molar-refractivity contribution is 7.07. The first-order valence-electron chi connectivity index (χ1n) is 15.7. The zero-order valence-corrected chi connectivity index (χ0v) is 27.6. The van der Waals surface area contributed by atoms with Crippen LogP contribution in [-0.2, 0) is 16.1 Å². The maximum atomic E-state index is 14.2. The molecule has 1 aliphatic rings. The molecular weight excluding hydrogens is 612 g/mol. The summed E-state index contributed by atoms with van der Waals surface area (Å²) in [6, 6.07) is 26.7. The summed E-state index contributed by atoms with van der Waals surface area (Å²) in [5.74, 6) is 1.27. The molecule has 240 valence electrons. The van der Waals surface area contributed by atoms with E-state index in [9.17, 15) is 9.59 Å². The van der Waals surface area contributed by atoms with Crippen LogP contribution in [0.2, 0.25) is 0 Å². The van der Waals surface area contributed by atoms with Gasteiger partial charge in [0.05, 0.1) is 35.6 Å². The van der Waals surface area contributed by atoms with E-state index in [1.54, 1.807) is 18.4 Å².